The summed E-state index contributed by atoms with van der Waals surface area (Å²) >= 11 is 14.2. The van der Waals surface area contributed by atoms with Crippen LogP contribution >= 0.6 is 23.2 Å². The lowest BCUT2D eigenvalue weighted by molar-refractivity contribution is -0.120. The number of rotatable bonds is 12. The van der Waals surface area contributed by atoms with Gasteiger partial charge in [0.15, 0.2) is 0 Å². The van der Waals surface area contributed by atoms with Crippen LogP contribution in [0, 0.1) is 0 Å². The average molecular weight is 730 g/mol. The molecule has 0 spiro atoms. The number of aromatic nitrogens is 4. The summed E-state index contributed by atoms with van der Waals surface area (Å²) in [5, 5.41) is 18.3. The van der Waals surface area contributed by atoms with Gasteiger partial charge in [0.25, 0.3) is 5.56 Å². The minimum Gasteiger partial charge on any atom is -0.481 e. The standard InChI is InChI=1S/C37H38Cl2N8O4/c1-46-31(19-41-18-24-11-14-33(49)43-24)45-47-20-22(15-30(47)37(46)50)25-5-3-6-26(34(25)38)27-7-4-8-28(35(27)39)29-12-9-21(36(44-29)51-2)16-40-17-23-10-13-32(48)42-23/h3-9,12,15,20,23-24,40-41H,10-11,13-14,16-19H2,1-2H3,(H,42,48)(H,43,49)/t23-,24+/m1/s1. The largest absolute Gasteiger partial charge is 0.481 e. The van der Waals surface area contributed by atoms with E-state index >= 15 is 0 Å². The van der Waals surface area contributed by atoms with Crippen molar-refractivity contribution in [2.24, 2.45) is 7.05 Å². The van der Waals surface area contributed by atoms with E-state index in [0.717, 1.165) is 46.2 Å². The van der Waals surface area contributed by atoms with E-state index in [2.05, 4.69) is 21.3 Å². The third-order valence-electron chi connectivity index (χ3n) is 9.49. The number of carbonyl (C=O) groups is 2. The number of nitrogens with zero attached hydrogens (tertiary/aromatic N) is 4. The summed E-state index contributed by atoms with van der Waals surface area (Å²) in [4.78, 5) is 41.2. The Hall–Kier alpha value is -4.75. The molecule has 2 aliphatic heterocycles. The van der Waals surface area contributed by atoms with Crippen molar-refractivity contribution in [3.8, 4) is 39.4 Å². The Bertz CT molecular complexity index is 2200. The molecule has 0 unspecified atom stereocenters. The number of amides is 2. The number of methoxy groups -OCH3 is 1. The minimum absolute atomic E-state index is 0.0624. The number of hydrogen-bond donors (Lipinski definition) is 4. The molecule has 2 aliphatic rings. The fourth-order valence-corrected chi connectivity index (χ4v) is 7.37. The van der Waals surface area contributed by atoms with Crippen LogP contribution in [0.3, 0.4) is 0 Å². The number of carbonyl (C=O) groups excluding carboxylic acids is 2. The first kappa shape index (κ1) is 34.7. The van der Waals surface area contributed by atoms with E-state index < -0.39 is 0 Å². The van der Waals surface area contributed by atoms with E-state index in [4.69, 9.17) is 38.0 Å². The molecule has 5 heterocycles. The fraction of sp³-hybridized carbons (Fsp3) is 0.324. The summed E-state index contributed by atoms with van der Waals surface area (Å²) in [6.07, 6.45) is 4.51. The molecule has 0 saturated carbocycles. The Morgan fingerprint density at radius 2 is 1.45 bits per heavy atom. The smallest absolute Gasteiger partial charge is 0.277 e. The van der Waals surface area contributed by atoms with Crippen LogP contribution < -0.4 is 31.6 Å². The van der Waals surface area contributed by atoms with Gasteiger partial charge < -0.3 is 26.0 Å². The Morgan fingerprint density at radius 3 is 2.08 bits per heavy atom. The SMILES string of the molecule is COc1nc(-c2cccc(-c3cccc(-c4cc5c(=O)n(C)c(CNC[C@@H]6CCC(=O)N6)nn5c4)c3Cl)c2Cl)ccc1CNC[C@H]1CCC(=O)N1. The van der Waals surface area contributed by atoms with Crippen molar-refractivity contribution in [2.75, 3.05) is 20.2 Å². The Labute approximate surface area is 304 Å². The molecule has 3 aromatic heterocycles. The maximum Gasteiger partial charge on any atom is 0.277 e. The maximum absolute atomic E-state index is 13.4. The molecule has 2 atom stereocenters. The summed E-state index contributed by atoms with van der Waals surface area (Å²) in [6, 6.07) is 17.3. The molecular formula is C37H38Cl2N8O4. The molecule has 7 rings (SSSR count). The highest BCUT2D eigenvalue weighted by Crippen LogP contribution is 2.42. The maximum atomic E-state index is 13.4. The van der Waals surface area contributed by atoms with Crippen LogP contribution in [0.5, 0.6) is 5.88 Å². The van der Waals surface area contributed by atoms with Gasteiger partial charge in [-0.25, -0.2) is 9.50 Å². The second kappa shape index (κ2) is 14.8. The summed E-state index contributed by atoms with van der Waals surface area (Å²) in [7, 11) is 3.29. The van der Waals surface area contributed by atoms with E-state index in [0.29, 0.717) is 72.0 Å². The number of hydrogen-bond acceptors (Lipinski definition) is 8. The molecule has 2 amide bonds. The van der Waals surface area contributed by atoms with Crippen molar-refractivity contribution in [2.45, 2.75) is 50.9 Å². The zero-order valence-corrected chi connectivity index (χ0v) is 29.8. The van der Waals surface area contributed by atoms with Gasteiger partial charge in [0.2, 0.25) is 17.7 Å². The van der Waals surface area contributed by atoms with Gasteiger partial charge in [-0.05, 0) is 25.0 Å². The molecule has 0 bridgehead atoms. The van der Waals surface area contributed by atoms with E-state index in [1.54, 1.807) is 30.9 Å². The first-order valence-electron chi connectivity index (χ1n) is 16.9. The molecule has 51 heavy (non-hydrogen) atoms. The number of benzene rings is 2. The van der Waals surface area contributed by atoms with Gasteiger partial charge >= 0.3 is 0 Å². The number of nitrogens with one attached hydrogen (secondary N) is 4. The minimum atomic E-state index is -0.183. The van der Waals surface area contributed by atoms with Crippen molar-refractivity contribution in [3.63, 3.8) is 0 Å². The first-order valence-corrected chi connectivity index (χ1v) is 17.7. The monoisotopic (exact) mass is 728 g/mol. The van der Waals surface area contributed by atoms with E-state index in [9.17, 15) is 14.4 Å². The van der Waals surface area contributed by atoms with Gasteiger partial charge in [-0.2, -0.15) is 5.10 Å². The summed E-state index contributed by atoms with van der Waals surface area (Å²) in [5.74, 6) is 1.20. The third kappa shape index (κ3) is 7.22. The van der Waals surface area contributed by atoms with Crippen LogP contribution in [0.2, 0.25) is 10.0 Å². The van der Waals surface area contributed by atoms with E-state index in [1.165, 1.54) is 4.57 Å². The number of ether oxygens (including phenoxy) is 1. The Balaban J connectivity index is 1.13. The van der Waals surface area contributed by atoms with Crippen LogP contribution in [-0.2, 0) is 29.7 Å². The Kier molecular flexibility index (Phi) is 10.1. The molecule has 4 N–H and O–H groups in total. The summed E-state index contributed by atoms with van der Waals surface area (Å²) in [6.45, 7) is 2.17. The second-order valence-electron chi connectivity index (χ2n) is 12.9. The molecule has 12 nitrogen and oxygen atoms in total. The molecule has 2 saturated heterocycles. The normalized spacial score (nSPS) is 17.3. The van der Waals surface area contributed by atoms with Crippen LogP contribution in [0.25, 0.3) is 39.0 Å². The molecule has 0 aliphatic carbocycles. The van der Waals surface area contributed by atoms with Gasteiger partial charge in [0, 0.05) is 91.2 Å². The predicted octanol–water partition coefficient (Wildman–Crippen LogP) is 4.48. The average Bonchev–Trinajstić information content (AvgIpc) is 3.87. The van der Waals surface area contributed by atoms with E-state index in [1.807, 2.05) is 48.5 Å². The first-order chi connectivity index (χ1) is 24.7. The van der Waals surface area contributed by atoms with Crippen molar-refractivity contribution < 1.29 is 14.3 Å². The van der Waals surface area contributed by atoms with Crippen molar-refractivity contribution in [1.82, 2.24) is 40.4 Å². The highest BCUT2D eigenvalue weighted by molar-refractivity contribution is 6.39. The van der Waals surface area contributed by atoms with Crippen LogP contribution in [0.1, 0.15) is 37.1 Å². The summed E-state index contributed by atoms with van der Waals surface area (Å²) < 4.78 is 8.77. The van der Waals surface area contributed by atoms with Gasteiger partial charge in [-0.1, -0.05) is 65.7 Å². The van der Waals surface area contributed by atoms with Crippen molar-refractivity contribution >= 4 is 40.5 Å². The molecule has 5 aromatic rings. The quantitative estimate of drug-likeness (QED) is 0.147. The lowest BCUT2D eigenvalue weighted by Gasteiger charge is -2.15. The van der Waals surface area contributed by atoms with Gasteiger partial charge in [-0.3, -0.25) is 19.0 Å². The van der Waals surface area contributed by atoms with Gasteiger partial charge in [0.1, 0.15) is 11.3 Å². The molecule has 14 heteroatoms. The zero-order chi connectivity index (χ0) is 35.6. The molecule has 2 aromatic carbocycles. The van der Waals surface area contributed by atoms with Crippen molar-refractivity contribution in [3.05, 3.63) is 92.6 Å². The van der Waals surface area contributed by atoms with Gasteiger partial charge in [-0.15, -0.1) is 0 Å². The molecular weight excluding hydrogens is 691 g/mol. The van der Waals surface area contributed by atoms with Crippen LogP contribution in [-0.4, -0.2) is 63.3 Å². The van der Waals surface area contributed by atoms with E-state index in [-0.39, 0.29) is 29.5 Å². The third-order valence-corrected chi connectivity index (χ3v) is 10.3. The highest BCUT2D eigenvalue weighted by Gasteiger charge is 2.22. The number of fused-ring (bicyclic) bond motifs is 1. The predicted molar refractivity (Wildman–Crippen MR) is 197 cm³/mol. The van der Waals surface area contributed by atoms with Crippen LogP contribution in [0.4, 0.5) is 0 Å². The Morgan fingerprint density at radius 1 is 0.843 bits per heavy atom. The topological polar surface area (TPSA) is 144 Å². The second-order valence-corrected chi connectivity index (χ2v) is 13.7. The fourth-order valence-electron chi connectivity index (χ4n) is 6.71. The van der Waals surface area contributed by atoms with Crippen LogP contribution in [0.15, 0.2) is 65.6 Å². The molecule has 2 fully saturated rings. The molecule has 264 valence electrons. The van der Waals surface area contributed by atoms with Crippen molar-refractivity contribution in [1.29, 1.82) is 0 Å². The molecule has 0 radical (unpaired) electrons. The van der Waals surface area contributed by atoms with Gasteiger partial charge in [0.05, 0.1) is 29.4 Å². The number of halogens is 2. The highest BCUT2D eigenvalue weighted by atomic mass is 35.5. The number of pyridine rings is 1. The lowest BCUT2D eigenvalue weighted by atomic mass is 9.97. The lowest BCUT2D eigenvalue weighted by Crippen LogP contribution is -2.36. The summed E-state index contributed by atoms with van der Waals surface area (Å²) in [5.41, 5.74) is 5.43. The zero-order valence-electron chi connectivity index (χ0n) is 28.3.